The molecule has 0 atom stereocenters. The molecule has 3 aromatic heterocycles. The average molecular weight is 285 g/mol. The van der Waals surface area contributed by atoms with Crippen LogP contribution in [0.15, 0.2) is 36.8 Å². The van der Waals surface area contributed by atoms with E-state index in [1.165, 1.54) is 0 Å². The third-order valence-electron chi connectivity index (χ3n) is 3.45. The number of ether oxygens (including phenoxy) is 1. The first-order valence-electron chi connectivity index (χ1n) is 6.96. The summed E-state index contributed by atoms with van der Waals surface area (Å²) in [5.41, 5.74) is 4.18. The summed E-state index contributed by atoms with van der Waals surface area (Å²) in [5, 5.41) is 7.68. The van der Waals surface area contributed by atoms with Crippen molar-refractivity contribution in [3.8, 4) is 0 Å². The molecular weight excluding hydrogens is 266 g/mol. The second-order valence-corrected chi connectivity index (χ2v) is 4.91. The van der Waals surface area contributed by atoms with Crippen molar-refractivity contribution in [3.63, 3.8) is 0 Å². The lowest BCUT2D eigenvalue weighted by atomic mass is 10.3. The summed E-state index contributed by atoms with van der Waals surface area (Å²) in [6.07, 6.45) is 5.85. The number of pyridine rings is 1. The van der Waals surface area contributed by atoms with Gasteiger partial charge < -0.3 is 14.5 Å². The molecule has 21 heavy (non-hydrogen) atoms. The van der Waals surface area contributed by atoms with Gasteiger partial charge in [-0.3, -0.25) is 4.68 Å². The molecular formula is C15H19N5O. The van der Waals surface area contributed by atoms with Crippen LogP contribution in [0.2, 0.25) is 0 Å². The van der Waals surface area contributed by atoms with Crippen molar-refractivity contribution in [2.24, 2.45) is 0 Å². The van der Waals surface area contributed by atoms with E-state index in [0.29, 0.717) is 13.2 Å². The van der Waals surface area contributed by atoms with Crippen LogP contribution < -0.4 is 5.32 Å². The van der Waals surface area contributed by atoms with Crippen LogP contribution in [0.4, 0.5) is 5.69 Å². The first-order chi connectivity index (χ1) is 10.3. The Kier molecular flexibility index (Phi) is 3.87. The quantitative estimate of drug-likeness (QED) is 0.753. The molecule has 6 heteroatoms. The summed E-state index contributed by atoms with van der Waals surface area (Å²) in [6.45, 7) is 4.17. The topological polar surface area (TPSA) is 56.4 Å². The van der Waals surface area contributed by atoms with Crippen LogP contribution in [0.1, 0.15) is 11.4 Å². The minimum absolute atomic E-state index is 0.660. The van der Waals surface area contributed by atoms with Crippen LogP contribution in [-0.2, 0) is 17.8 Å². The van der Waals surface area contributed by atoms with Gasteiger partial charge in [-0.25, -0.2) is 4.98 Å². The van der Waals surface area contributed by atoms with E-state index >= 15 is 0 Å². The Morgan fingerprint density at radius 3 is 3.10 bits per heavy atom. The van der Waals surface area contributed by atoms with Crippen LogP contribution >= 0.6 is 0 Å². The summed E-state index contributed by atoms with van der Waals surface area (Å²) in [5.74, 6) is 0. The second kappa shape index (κ2) is 5.97. The molecule has 0 aliphatic carbocycles. The van der Waals surface area contributed by atoms with Gasteiger partial charge in [-0.15, -0.1) is 0 Å². The van der Waals surface area contributed by atoms with Gasteiger partial charge in [-0.05, 0) is 19.1 Å². The molecule has 0 saturated carbocycles. The summed E-state index contributed by atoms with van der Waals surface area (Å²) in [6, 6.07) is 6.03. The fraction of sp³-hybridized carbons (Fsp3) is 0.333. The van der Waals surface area contributed by atoms with Crippen molar-refractivity contribution in [2.75, 3.05) is 19.0 Å². The van der Waals surface area contributed by atoms with Crippen molar-refractivity contribution in [2.45, 2.75) is 20.0 Å². The Morgan fingerprint density at radius 2 is 2.24 bits per heavy atom. The van der Waals surface area contributed by atoms with E-state index in [-0.39, 0.29) is 0 Å². The maximum atomic E-state index is 5.04. The third-order valence-corrected chi connectivity index (χ3v) is 3.45. The van der Waals surface area contributed by atoms with Crippen LogP contribution in [0.25, 0.3) is 5.65 Å². The Hall–Kier alpha value is -2.34. The Bertz CT molecular complexity index is 731. The Balaban J connectivity index is 1.71. The lowest BCUT2D eigenvalue weighted by Gasteiger charge is -2.05. The van der Waals surface area contributed by atoms with Gasteiger partial charge in [0.2, 0.25) is 0 Å². The Labute approximate surface area is 123 Å². The smallest absolute Gasteiger partial charge is 0.137 e. The monoisotopic (exact) mass is 285 g/mol. The highest BCUT2D eigenvalue weighted by molar-refractivity contribution is 5.45. The number of nitrogens with zero attached hydrogens (tertiary/aromatic N) is 4. The maximum Gasteiger partial charge on any atom is 0.137 e. The number of aryl methyl sites for hydroxylation is 1. The highest BCUT2D eigenvalue weighted by Crippen LogP contribution is 2.14. The number of imidazole rings is 1. The molecule has 0 fully saturated rings. The molecule has 0 radical (unpaired) electrons. The average Bonchev–Trinajstić information content (AvgIpc) is 3.06. The predicted molar refractivity (Wildman–Crippen MR) is 81.4 cm³/mol. The first-order valence-corrected chi connectivity index (χ1v) is 6.96. The number of hydrogen-bond acceptors (Lipinski definition) is 4. The van der Waals surface area contributed by atoms with Crippen molar-refractivity contribution in [1.82, 2.24) is 19.2 Å². The van der Waals surface area contributed by atoms with Gasteiger partial charge in [-0.2, -0.15) is 5.10 Å². The predicted octanol–water partition coefficient (Wildman–Crippen LogP) is 2.10. The van der Waals surface area contributed by atoms with Gasteiger partial charge in [0, 0.05) is 19.5 Å². The van der Waals surface area contributed by atoms with E-state index in [0.717, 1.165) is 29.3 Å². The van der Waals surface area contributed by atoms with Gasteiger partial charge in [0.05, 0.1) is 43.0 Å². The molecule has 3 heterocycles. The summed E-state index contributed by atoms with van der Waals surface area (Å²) in [4.78, 5) is 4.56. The molecule has 0 bridgehead atoms. The first kappa shape index (κ1) is 13.6. The fourth-order valence-corrected chi connectivity index (χ4v) is 2.32. The summed E-state index contributed by atoms with van der Waals surface area (Å²) in [7, 11) is 1.69. The molecule has 0 aliphatic rings. The molecule has 0 amide bonds. The third kappa shape index (κ3) is 2.90. The highest BCUT2D eigenvalue weighted by Gasteiger charge is 2.08. The summed E-state index contributed by atoms with van der Waals surface area (Å²) >= 11 is 0. The van der Waals surface area contributed by atoms with E-state index in [1.807, 2.05) is 48.4 Å². The number of aromatic nitrogens is 4. The molecule has 0 aromatic carbocycles. The molecule has 0 saturated heterocycles. The molecule has 6 nitrogen and oxygen atoms in total. The van der Waals surface area contributed by atoms with Crippen molar-refractivity contribution in [1.29, 1.82) is 0 Å². The number of nitrogens with one attached hydrogen (secondary N) is 1. The fourth-order valence-electron chi connectivity index (χ4n) is 2.32. The zero-order valence-corrected chi connectivity index (χ0v) is 12.3. The van der Waals surface area contributed by atoms with Crippen molar-refractivity contribution >= 4 is 11.3 Å². The number of anilines is 1. The molecule has 0 spiro atoms. The second-order valence-electron chi connectivity index (χ2n) is 4.91. The van der Waals surface area contributed by atoms with Gasteiger partial charge in [0.1, 0.15) is 5.65 Å². The van der Waals surface area contributed by atoms with Gasteiger partial charge in [0.25, 0.3) is 0 Å². The van der Waals surface area contributed by atoms with Gasteiger partial charge in [-0.1, -0.05) is 6.07 Å². The van der Waals surface area contributed by atoms with E-state index < -0.39 is 0 Å². The van der Waals surface area contributed by atoms with Gasteiger partial charge in [0.15, 0.2) is 0 Å². The highest BCUT2D eigenvalue weighted by atomic mass is 16.5. The zero-order valence-electron chi connectivity index (χ0n) is 12.3. The van der Waals surface area contributed by atoms with E-state index in [2.05, 4.69) is 19.8 Å². The SMILES string of the molecule is COCCn1cc(NCc2c(C)nc3ccccn23)cn1. The molecule has 0 unspecified atom stereocenters. The van der Waals surface area contributed by atoms with Crippen LogP contribution in [-0.4, -0.2) is 32.9 Å². The zero-order chi connectivity index (χ0) is 14.7. The minimum atomic E-state index is 0.660. The Morgan fingerprint density at radius 1 is 1.33 bits per heavy atom. The van der Waals surface area contributed by atoms with Crippen molar-refractivity contribution in [3.05, 3.63) is 48.2 Å². The summed E-state index contributed by atoms with van der Waals surface area (Å²) < 4.78 is 9.02. The molecule has 1 N–H and O–H groups in total. The lowest BCUT2D eigenvalue weighted by Crippen LogP contribution is -2.05. The number of rotatable bonds is 6. The van der Waals surface area contributed by atoms with E-state index in [4.69, 9.17) is 4.74 Å². The molecule has 3 aromatic rings. The van der Waals surface area contributed by atoms with Crippen LogP contribution in [0.5, 0.6) is 0 Å². The largest absolute Gasteiger partial charge is 0.383 e. The number of fused-ring (bicyclic) bond motifs is 1. The molecule has 110 valence electrons. The van der Waals surface area contributed by atoms with E-state index in [9.17, 15) is 0 Å². The van der Waals surface area contributed by atoms with Crippen LogP contribution in [0, 0.1) is 6.92 Å². The maximum absolute atomic E-state index is 5.04. The van der Waals surface area contributed by atoms with Crippen LogP contribution in [0.3, 0.4) is 0 Å². The molecule has 0 aliphatic heterocycles. The van der Waals surface area contributed by atoms with Crippen molar-refractivity contribution < 1.29 is 4.74 Å². The normalized spacial score (nSPS) is 11.1. The lowest BCUT2D eigenvalue weighted by molar-refractivity contribution is 0.183. The number of methoxy groups -OCH3 is 1. The van der Waals surface area contributed by atoms with Gasteiger partial charge >= 0.3 is 0 Å². The standard InChI is InChI=1S/C15H19N5O/c1-12-14(20-6-4-3-5-15(20)18-12)10-16-13-9-17-19(11-13)7-8-21-2/h3-6,9,11,16H,7-8,10H2,1-2H3. The number of hydrogen-bond donors (Lipinski definition) is 1. The van der Waals surface area contributed by atoms with E-state index in [1.54, 1.807) is 7.11 Å². The minimum Gasteiger partial charge on any atom is -0.383 e. The molecule has 3 rings (SSSR count).